The Kier molecular flexibility index (Phi) is 5.30. The van der Waals surface area contributed by atoms with Gasteiger partial charge < -0.3 is 15.0 Å². The summed E-state index contributed by atoms with van der Waals surface area (Å²) < 4.78 is 5.32. The van der Waals surface area contributed by atoms with Gasteiger partial charge in [0.1, 0.15) is 11.6 Å². The Hall–Kier alpha value is -1.22. The van der Waals surface area contributed by atoms with Gasteiger partial charge in [0.15, 0.2) is 6.10 Å². The first-order chi connectivity index (χ1) is 9.65. The van der Waals surface area contributed by atoms with Crippen LogP contribution in [0.4, 0.5) is 11.6 Å². The summed E-state index contributed by atoms with van der Waals surface area (Å²) in [7, 11) is 0. The Morgan fingerprint density at radius 1 is 1.55 bits per heavy atom. The zero-order valence-corrected chi connectivity index (χ0v) is 12.7. The summed E-state index contributed by atoms with van der Waals surface area (Å²) in [6.45, 7) is 4.45. The fourth-order valence-corrected chi connectivity index (χ4v) is 2.51. The van der Waals surface area contributed by atoms with Crippen LogP contribution in [0.15, 0.2) is 6.07 Å². The molecule has 1 N–H and O–H groups in total. The number of hydrogen-bond acceptors (Lipinski definition) is 5. The second-order valence-electron chi connectivity index (χ2n) is 4.49. The fourth-order valence-electron chi connectivity index (χ4n) is 1.97. The van der Waals surface area contributed by atoms with Gasteiger partial charge in [-0.2, -0.15) is 5.26 Å². The van der Waals surface area contributed by atoms with E-state index in [1.165, 1.54) is 0 Å². The molecule has 0 radical (unpaired) electrons. The number of anilines is 2. The van der Waals surface area contributed by atoms with E-state index in [9.17, 15) is 0 Å². The number of ether oxygens (including phenoxy) is 1. The number of aromatic nitrogens is 1. The number of hydrogen-bond donors (Lipinski definition) is 1. The highest BCUT2D eigenvalue weighted by molar-refractivity contribution is 6.37. The minimum atomic E-state index is -0.454. The fraction of sp³-hybridized carbons (Fsp3) is 0.538. The summed E-state index contributed by atoms with van der Waals surface area (Å²) in [6.07, 6.45) is 0.522. The number of morpholine rings is 1. The molecule has 5 nitrogen and oxygen atoms in total. The molecule has 0 saturated carbocycles. The Balaban J connectivity index is 2.24. The summed E-state index contributed by atoms with van der Waals surface area (Å²) in [6, 6.07) is 3.79. The highest BCUT2D eigenvalue weighted by Crippen LogP contribution is 2.32. The molecule has 0 aliphatic carbocycles. The number of nitriles is 1. The molecule has 0 bridgehead atoms. The molecule has 0 spiro atoms. The normalized spacial score (nSPS) is 18.7. The van der Waals surface area contributed by atoms with E-state index in [2.05, 4.69) is 23.3 Å². The van der Waals surface area contributed by atoms with Crippen LogP contribution in [0.1, 0.15) is 13.3 Å². The Bertz CT molecular complexity index is 518. The van der Waals surface area contributed by atoms with Crippen molar-refractivity contribution in [1.82, 2.24) is 4.98 Å². The molecule has 1 aromatic heterocycles. The Morgan fingerprint density at radius 3 is 3.05 bits per heavy atom. The van der Waals surface area contributed by atoms with Crippen molar-refractivity contribution in [2.75, 3.05) is 36.5 Å². The van der Waals surface area contributed by atoms with Crippen molar-refractivity contribution in [2.24, 2.45) is 0 Å². The molecule has 1 atom stereocenters. The monoisotopic (exact) mass is 314 g/mol. The maximum atomic E-state index is 8.95. The summed E-state index contributed by atoms with van der Waals surface area (Å²) in [5.74, 6) is 1.26. The maximum absolute atomic E-state index is 8.95. The van der Waals surface area contributed by atoms with Crippen molar-refractivity contribution in [3.8, 4) is 6.07 Å². The number of nitrogens with one attached hydrogen (secondary N) is 1. The molecule has 1 aliphatic heterocycles. The molecule has 7 heteroatoms. The molecule has 2 heterocycles. The average molecular weight is 315 g/mol. The molecule has 1 aromatic rings. The highest BCUT2D eigenvalue weighted by Gasteiger charge is 2.23. The first-order valence-electron chi connectivity index (χ1n) is 6.51. The first kappa shape index (κ1) is 15.2. The Labute approximate surface area is 128 Å². The average Bonchev–Trinajstić information content (AvgIpc) is 2.46. The van der Waals surface area contributed by atoms with Crippen LogP contribution in [0.25, 0.3) is 0 Å². The summed E-state index contributed by atoms with van der Waals surface area (Å²) in [4.78, 5) is 6.44. The van der Waals surface area contributed by atoms with E-state index in [-0.39, 0.29) is 0 Å². The summed E-state index contributed by atoms with van der Waals surface area (Å²) in [5.41, 5.74) is 0. The standard InChI is InChI=1S/C13H16Cl2N4O/c1-2-3-17-12-10(14)6-11(15)13(18-12)19-4-5-20-9(7-16)8-19/h6,9H,2-5,8H2,1H3,(H,17,18). The second kappa shape index (κ2) is 6.98. The molecular formula is C13H16Cl2N4O. The van der Waals surface area contributed by atoms with Crippen LogP contribution < -0.4 is 10.2 Å². The topological polar surface area (TPSA) is 61.2 Å². The van der Waals surface area contributed by atoms with Crippen LogP contribution in [-0.2, 0) is 4.74 Å². The van der Waals surface area contributed by atoms with Crippen molar-refractivity contribution >= 4 is 34.8 Å². The van der Waals surface area contributed by atoms with Crippen LogP contribution in [0.5, 0.6) is 0 Å². The third-order valence-electron chi connectivity index (χ3n) is 2.96. The minimum absolute atomic E-state index is 0.454. The quantitative estimate of drug-likeness (QED) is 0.925. The van der Waals surface area contributed by atoms with Crippen molar-refractivity contribution in [3.05, 3.63) is 16.1 Å². The third kappa shape index (κ3) is 3.45. The zero-order valence-electron chi connectivity index (χ0n) is 11.2. The van der Waals surface area contributed by atoms with Gasteiger partial charge in [-0.05, 0) is 12.5 Å². The van der Waals surface area contributed by atoms with Crippen LogP contribution >= 0.6 is 23.2 Å². The van der Waals surface area contributed by atoms with Gasteiger partial charge in [-0.3, -0.25) is 0 Å². The molecular weight excluding hydrogens is 299 g/mol. The second-order valence-corrected chi connectivity index (χ2v) is 5.30. The molecule has 108 valence electrons. The maximum Gasteiger partial charge on any atom is 0.161 e. The lowest BCUT2D eigenvalue weighted by molar-refractivity contribution is 0.0762. The number of nitrogens with zero attached hydrogens (tertiary/aromatic N) is 3. The Morgan fingerprint density at radius 2 is 2.35 bits per heavy atom. The predicted octanol–water partition coefficient (Wildman–Crippen LogP) is 2.94. The zero-order chi connectivity index (χ0) is 14.5. The van der Waals surface area contributed by atoms with Crippen LogP contribution in [-0.4, -0.2) is 37.3 Å². The van der Waals surface area contributed by atoms with E-state index < -0.39 is 6.10 Å². The van der Waals surface area contributed by atoms with Gasteiger partial charge in [-0.15, -0.1) is 0 Å². The molecule has 1 fully saturated rings. The van der Waals surface area contributed by atoms with Crippen LogP contribution in [0.3, 0.4) is 0 Å². The lowest BCUT2D eigenvalue weighted by Crippen LogP contribution is -2.42. The van der Waals surface area contributed by atoms with Gasteiger partial charge in [-0.1, -0.05) is 30.1 Å². The SMILES string of the molecule is CCCNc1nc(N2CCOC(C#N)C2)c(Cl)cc1Cl. The van der Waals surface area contributed by atoms with Crippen LogP contribution in [0, 0.1) is 11.3 Å². The van der Waals surface area contributed by atoms with Crippen molar-refractivity contribution in [2.45, 2.75) is 19.4 Å². The molecule has 20 heavy (non-hydrogen) atoms. The lowest BCUT2D eigenvalue weighted by atomic mass is 10.3. The smallest absolute Gasteiger partial charge is 0.161 e. The number of rotatable bonds is 4. The van der Waals surface area contributed by atoms with Gasteiger partial charge in [0, 0.05) is 13.1 Å². The van der Waals surface area contributed by atoms with Crippen molar-refractivity contribution in [1.29, 1.82) is 5.26 Å². The van der Waals surface area contributed by atoms with E-state index in [1.54, 1.807) is 6.07 Å². The van der Waals surface area contributed by atoms with Gasteiger partial charge in [0.05, 0.1) is 29.3 Å². The van der Waals surface area contributed by atoms with Gasteiger partial charge in [0.25, 0.3) is 0 Å². The van der Waals surface area contributed by atoms with E-state index >= 15 is 0 Å². The highest BCUT2D eigenvalue weighted by atomic mass is 35.5. The lowest BCUT2D eigenvalue weighted by Gasteiger charge is -2.31. The number of pyridine rings is 1. The van der Waals surface area contributed by atoms with E-state index in [0.29, 0.717) is 41.4 Å². The van der Waals surface area contributed by atoms with Crippen molar-refractivity contribution < 1.29 is 4.74 Å². The van der Waals surface area contributed by atoms with Gasteiger partial charge in [-0.25, -0.2) is 4.98 Å². The van der Waals surface area contributed by atoms with E-state index in [0.717, 1.165) is 13.0 Å². The molecule has 0 aromatic carbocycles. The first-order valence-corrected chi connectivity index (χ1v) is 7.27. The summed E-state index contributed by atoms with van der Waals surface area (Å²) in [5, 5.41) is 13.1. The summed E-state index contributed by atoms with van der Waals surface area (Å²) >= 11 is 12.3. The molecule has 1 unspecified atom stereocenters. The van der Waals surface area contributed by atoms with Gasteiger partial charge in [0.2, 0.25) is 0 Å². The van der Waals surface area contributed by atoms with Gasteiger partial charge >= 0.3 is 0 Å². The van der Waals surface area contributed by atoms with Crippen molar-refractivity contribution in [3.63, 3.8) is 0 Å². The number of halogens is 2. The third-order valence-corrected chi connectivity index (χ3v) is 3.53. The minimum Gasteiger partial charge on any atom is -0.369 e. The molecule has 0 amide bonds. The predicted molar refractivity (Wildman–Crippen MR) is 80.6 cm³/mol. The largest absolute Gasteiger partial charge is 0.369 e. The van der Waals surface area contributed by atoms with E-state index in [1.807, 2.05) is 4.90 Å². The van der Waals surface area contributed by atoms with Crippen LogP contribution in [0.2, 0.25) is 10.0 Å². The molecule has 1 saturated heterocycles. The van der Waals surface area contributed by atoms with E-state index in [4.69, 9.17) is 33.2 Å². The molecule has 2 rings (SSSR count). The molecule has 1 aliphatic rings.